The van der Waals surface area contributed by atoms with Crippen molar-refractivity contribution in [3.05, 3.63) is 70.5 Å². The normalized spacial score (nSPS) is 16.3. The van der Waals surface area contributed by atoms with Crippen LogP contribution in [-0.4, -0.2) is 21.7 Å². The number of benzene rings is 2. The minimum atomic E-state index is -0.186. The molecule has 2 aromatic carbocycles. The summed E-state index contributed by atoms with van der Waals surface area (Å²) >= 11 is 0. The number of aryl methyl sites for hydroxylation is 2. The van der Waals surface area contributed by atoms with Gasteiger partial charge in [-0.1, -0.05) is 25.1 Å². The maximum absolute atomic E-state index is 12.8. The lowest BCUT2D eigenvalue weighted by Crippen LogP contribution is -2.17. The van der Waals surface area contributed by atoms with Gasteiger partial charge in [0, 0.05) is 50.9 Å². The lowest BCUT2D eigenvalue weighted by atomic mass is 9.87. The second-order valence-corrected chi connectivity index (χ2v) is 8.65. The van der Waals surface area contributed by atoms with Gasteiger partial charge < -0.3 is 9.55 Å². The van der Waals surface area contributed by atoms with E-state index in [-0.39, 0.29) is 5.91 Å². The molecule has 158 valence electrons. The highest BCUT2D eigenvalue weighted by molar-refractivity contribution is 6.03. The summed E-state index contributed by atoms with van der Waals surface area (Å²) < 4.78 is 2.27. The topological polar surface area (TPSA) is 62.2 Å². The number of hydrogen-bond acceptors (Lipinski definition) is 2. The molecule has 2 heterocycles. The fraction of sp³-hybridized carbons (Fsp3) is 0.308. The van der Waals surface area contributed by atoms with Gasteiger partial charge in [0.2, 0.25) is 0 Å². The smallest absolute Gasteiger partial charge is 0.271 e. The Morgan fingerprint density at radius 3 is 2.94 bits per heavy atom. The molecule has 0 fully saturated rings. The van der Waals surface area contributed by atoms with E-state index >= 15 is 0 Å². The molecule has 1 unspecified atom stereocenters. The van der Waals surface area contributed by atoms with Crippen LogP contribution in [0.4, 0.5) is 0 Å². The van der Waals surface area contributed by atoms with Crippen molar-refractivity contribution in [2.24, 2.45) is 11.0 Å². The lowest BCUT2D eigenvalue weighted by Gasteiger charge is -2.18. The average Bonchev–Trinajstić information content (AvgIpc) is 3.27. The van der Waals surface area contributed by atoms with Crippen molar-refractivity contribution in [3.8, 4) is 0 Å². The van der Waals surface area contributed by atoms with Gasteiger partial charge in [0.1, 0.15) is 0 Å². The number of fused-ring (bicyclic) bond motifs is 4. The molecule has 0 radical (unpaired) electrons. The summed E-state index contributed by atoms with van der Waals surface area (Å²) in [5.74, 6) is 0.496. The van der Waals surface area contributed by atoms with Gasteiger partial charge in [-0.3, -0.25) is 4.79 Å². The highest BCUT2D eigenvalue weighted by atomic mass is 16.2. The fourth-order valence-corrected chi connectivity index (χ4v) is 4.98. The standard InChI is InChI=1S/C26H28N4O/c1-4-30-17(3)22(19-7-5-6-8-25(19)30)15-27-29-26(31)18-10-12-24-21(14-18)20-13-16(2)9-11-23(20)28-24/h5-8,10,12,14-16,28H,4,9,11,13H2,1-3H3,(H,29,31)/b27-15-. The zero-order chi connectivity index (χ0) is 21.5. The molecule has 0 saturated heterocycles. The monoisotopic (exact) mass is 412 g/mol. The van der Waals surface area contributed by atoms with Crippen LogP contribution in [0.15, 0.2) is 47.6 Å². The molecular formula is C26H28N4O. The first kappa shape index (κ1) is 19.6. The number of hydrazone groups is 1. The molecule has 2 N–H and O–H groups in total. The number of carbonyl (C=O) groups is 1. The number of nitrogens with one attached hydrogen (secondary N) is 2. The van der Waals surface area contributed by atoms with Crippen LogP contribution in [0.25, 0.3) is 21.8 Å². The summed E-state index contributed by atoms with van der Waals surface area (Å²) in [4.78, 5) is 16.3. The summed E-state index contributed by atoms with van der Waals surface area (Å²) in [5, 5.41) is 6.61. The minimum absolute atomic E-state index is 0.186. The van der Waals surface area contributed by atoms with Crippen molar-refractivity contribution in [1.82, 2.24) is 15.0 Å². The number of hydrogen-bond donors (Lipinski definition) is 2. The third kappa shape index (κ3) is 3.34. The van der Waals surface area contributed by atoms with Gasteiger partial charge in [0.05, 0.1) is 6.21 Å². The van der Waals surface area contributed by atoms with E-state index in [9.17, 15) is 4.79 Å². The van der Waals surface area contributed by atoms with E-state index in [1.807, 2.05) is 30.3 Å². The molecule has 1 amide bonds. The summed E-state index contributed by atoms with van der Waals surface area (Å²) in [6.07, 6.45) is 5.14. The van der Waals surface area contributed by atoms with Gasteiger partial charge in [-0.05, 0) is 68.9 Å². The number of amides is 1. The Morgan fingerprint density at radius 2 is 2.10 bits per heavy atom. The van der Waals surface area contributed by atoms with Crippen molar-refractivity contribution in [3.63, 3.8) is 0 Å². The lowest BCUT2D eigenvalue weighted by molar-refractivity contribution is 0.0955. The van der Waals surface area contributed by atoms with Crippen molar-refractivity contribution in [2.75, 3.05) is 0 Å². The first-order valence-corrected chi connectivity index (χ1v) is 11.1. The number of carbonyl (C=O) groups excluding carboxylic acids is 1. The molecule has 5 heteroatoms. The van der Waals surface area contributed by atoms with E-state index in [4.69, 9.17) is 0 Å². The van der Waals surface area contributed by atoms with Gasteiger partial charge in [-0.2, -0.15) is 5.10 Å². The number of nitrogens with zero attached hydrogens (tertiary/aromatic N) is 2. The van der Waals surface area contributed by atoms with E-state index in [1.165, 1.54) is 28.6 Å². The number of rotatable bonds is 4. The minimum Gasteiger partial charge on any atom is -0.358 e. The van der Waals surface area contributed by atoms with Crippen LogP contribution in [0.2, 0.25) is 0 Å². The maximum Gasteiger partial charge on any atom is 0.271 e. The predicted molar refractivity (Wildman–Crippen MR) is 127 cm³/mol. The molecule has 2 aromatic heterocycles. The zero-order valence-electron chi connectivity index (χ0n) is 18.3. The highest BCUT2D eigenvalue weighted by Gasteiger charge is 2.20. The molecule has 0 saturated carbocycles. The Kier molecular flexibility index (Phi) is 4.89. The molecule has 5 nitrogen and oxygen atoms in total. The molecule has 0 aliphatic heterocycles. The van der Waals surface area contributed by atoms with Gasteiger partial charge in [-0.15, -0.1) is 0 Å². The average molecular weight is 413 g/mol. The number of aromatic amines is 1. The summed E-state index contributed by atoms with van der Waals surface area (Å²) in [6.45, 7) is 7.42. The van der Waals surface area contributed by atoms with Gasteiger partial charge in [-0.25, -0.2) is 5.43 Å². The van der Waals surface area contributed by atoms with E-state index in [2.05, 4.69) is 53.0 Å². The zero-order valence-corrected chi connectivity index (χ0v) is 18.3. The second kappa shape index (κ2) is 7.73. The third-order valence-corrected chi connectivity index (χ3v) is 6.65. The molecule has 5 rings (SSSR count). The van der Waals surface area contributed by atoms with Crippen LogP contribution in [0.1, 0.15) is 53.1 Å². The Labute approximate surface area is 182 Å². The van der Waals surface area contributed by atoms with Crippen molar-refractivity contribution in [1.29, 1.82) is 0 Å². The Bertz CT molecular complexity index is 1320. The molecule has 4 aromatic rings. The molecule has 31 heavy (non-hydrogen) atoms. The molecule has 1 aliphatic carbocycles. The quantitative estimate of drug-likeness (QED) is 0.345. The van der Waals surface area contributed by atoms with Gasteiger partial charge in [0.15, 0.2) is 0 Å². The van der Waals surface area contributed by atoms with E-state index in [0.717, 1.165) is 41.5 Å². The summed E-state index contributed by atoms with van der Waals surface area (Å²) in [6, 6.07) is 14.2. The van der Waals surface area contributed by atoms with Crippen molar-refractivity contribution >= 4 is 33.9 Å². The van der Waals surface area contributed by atoms with Gasteiger partial charge in [0.25, 0.3) is 5.91 Å². The molecule has 1 atom stereocenters. The number of H-pyrrole nitrogens is 1. The Morgan fingerprint density at radius 1 is 1.26 bits per heavy atom. The van der Waals surface area contributed by atoms with Crippen LogP contribution < -0.4 is 5.43 Å². The molecular weight excluding hydrogens is 384 g/mol. The first-order chi connectivity index (χ1) is 15.1. The molecule has 1 aliphatic rings. The van der Waals surface area contributed by atoms with E-state index in [0.29, 0.717) is 11.5 Å². The van der Waals surface area contributed by atoms with Crippen LogP contribution in [0.3, 0.4) is 0 Å². The summed E-state index contributed by atoms with van der Waals surface area (Å²) in [7, 11) is 0. The number of para-hydroxylation sites is 1. The molecule has 0 spiro atoms. The van der Waals surface area contributed by atoms with E-state index in [1.54, 1.807) is 6.21 Å². The second-order valence-electron chi connectivity index (χ2n) is 8.65. The predicted octanol–water partition coefficient (Wildman–Crippen LogP) is 5.34. The molecule has 0 bridgehead atoms. The van der Waals surface area contributed by atoms with Crippen molar-refractivity contribution < 1.29 is 4.79 Å². The fourth-order valence-electron chi connectivity index (χ4n) is 4.98. The van der Waals surface area contributed by atoms with Crippen LogP contribution in [0, 0.1) is 12.8 Å². The van der Waals surface area contributed by atoms with Gasteiger partial charge >= 0.3 is 0 Å². The van der Waals surface area contributed by atoms with E-state index < -0.39 is 0 Å². The van der Waals surface area contributed by atoms with Crippen LogP contribution >= 0.6 is 0 Å². The highest BCUT2D eigenvalue weighted by Crippen LogP contribution is 2.32. The largest absolute Gasteiger partial charge is 0.358 e. The van der Waals surface area contributed by atoms with Crippen LogP contribution in [0.5, 0.6) is 0 Å². The maximum atomic E-state index is 12.8. The SMILES string of the molecule is CCn1c(C)c(/C=N\NC(=O)c2ccc3[nH]c4c(c3c2)CC(C)CC4)c2ccccc21. The number of aromatic nitrogens is 2. The Hall–Kier alpha value is -3.34. The summed E-state index contributed by atoms with van der Waals surface area (Å²) in [5.41, 5.74) is 10.5. The van der Waals surface area contributed by atoms with Crippen LogP contribution in [-0.2, 0) is 19.4 Å². The third-order valence-electron chi connectivity index (χ3n) is 6.65. The first-order valence-electron chi connectivity index (χ1n) is 11.1. The van der Waals surface area contributed by atoms with Crippen molar-refractivity contribution in [2.45, 2.75) is 46.6 Å². The Balaban J connectivity index is 1.41.